The van der Waals surface area contributed by atoms with Crippen molar-refractivity contribution in [1.82, 2.24) is 0 Å². The van der Waals surface area contributed by atoms with E-state index in [-0.39, 0.29) is 11.1 Å². The van der Waals surface area contributed by atoms with Crippen molar-refractivity contribution in [2.75, 3.05) is 13.7 Å². The second kappa shape index (κ2) is 5.62. The number of nitrogens with two attached hydrogens (primary N) is 1. The fraction of sp³-hybridized carbons (Fsp3) is 0.364. The molecule has 0 spiro atoms. The number of rotatable bonds is 5. The van der Waals surface area contributed by atoms with Gasteiger partial charge in [-0.1, -0.05) is 6.07 Å². The van der Waals surface area contributed by atoms with Gasteiger partial charge in [0.1, 0.15) is 18.0 Å². The Kier molecular flexibility index (Phi) is 4.45. The van der Waals surface area contributed by atoms with Gasteiger partial charge in [-0.15, -0.1) is 0 Å². The van der Waals surface area contributed by atoms with Gasteiger partial charge >= 0.3 is 0 Å². The third kappa shape index (κ3) is 2.94. The summed E-state index contributed by atoms with van der Waals surface area (Å²) in [6, 6.07) is 4.31. The molecule has 0 aromatic heterocycles. The van der Waals surface area contributed by atoms with Crippen molar-refractivity contribution in [2.24, 2.45) is 5.73 Å². The lowest BCUT2D eigenvalue weighted by Gasteiger charge is -2.18. The predicted octanol–water partition coefficient (Wildman–Crippen LogP) is -0.819. The van der Waals surface area contributed by atoms with E-state index >= 15 is 0 Å². The molecule has 0 aliphatic carbocycles. The van der Waals surface area contributed by atoms with Gasteiger partial charge in [0.15, 0.2) is 0 Å². The smallest absolute Gasteiger partial charge is 0.249 e. The molecule has 6 heteroatoms. The lowest BCUT2D eigenvalue weighted by atomic mass is 9.98. The second-order valence-corrected chi connectivity index (χ2v) is 3.51. The number of hydrogen-bond donors (Lipinski definition) is 4. The molecule has 2 unspecified atom stereocenters. The number of carbonyl (C=O) groups is 1. The quantitative estimate of drug-likeness (QED) is 0.538. The summed E-state index contributed by atoms with van der Waals surface area (Å²) in [5.74, 6) is -0.337. The lowest BCUT2D eigenvalue weighted by Crippen LogP contribution is -2.25. The van der Waals surface area contributed by atoms with Crippen LogP contribution in [0.4, 0.5) is 0 Å². The molecule has 1 amide bonds. The number of aliphatic hydroxyl groups is 3. The second-order valence-electron chi connectivity index (χ2n) is 3.51. The van der Waals surface area contributed by atoms with E-state index in [2.05, 4.69) is 0 Å². The summed E-state index contributed by atoms with van der Waals surface area (Å²) in [4.78, 5) is 11.2. The zero-order chi connectivity index (χ0) is 13.0. The van der Waals surface area contributed by atoms with Crippen LogP contribution in [0.1, 0.15) is 22.0 Å². The number of aliphatic hydroxyl groups excluding tert-OH is 3. The summed E-state index contributed by atoms with van der Waals surface area (Å²) in [5, 5.41) is 27.8. The van der Waals surface area contributed by atoms with Gasteiger partial charge < -0.3 is 25.8 Å². The molecule has 0 saturated heterocycles. The molecular weight excluding hydrogens is 226 g/mol. The third-order valence-electron chi connectivity index (χ3n) is 2.40. The molecule has 0 aliphatic heterocycles. The molecule has 94 valence electrons. The maximum Gasteiger partial charge on any atom is 0.249 e. The molecular formula is C11H15NO5. The molecule has 2 atom stereocenters. The minimum atomic E-state index is -1.38. The normalized spacial score (nSPS) is 14.1. The SMILES string of the molecule is COc1ccc(C(O)C(O)CO)c(C(N)=O)c1. The van der Waals surface area contributed by atoms with Crippen LogP contribution in [0, 0.1) is 0 Å². The van der Waals surface area contributed by atoms with Crippen molar-refractivity contribution in [2.45, 2.75) is 12.2 Å². The average Bonchev–Trinajstić information content (AvgIpc) is 2.35. The maximum absolute atomic E-state index is 11.2. The monoisotopic (exact) mass is 241 g/mol. The van der Waals surface area contributed by atoms with E-state index in [0.29, 0.717) is 5.75 Å². The molecule has 1 aromatic carbocycles. The molecule has 0 aliphatic rings. The summed E-state index contributed by atoms with van der Waals surface area (Å²) in [7, 11) is 1.43. The minimum Gasteiger partial charge on any atom is -0.497 e. The Hall–Kier alpha value is -1.63. The van der Waals surface area contributed by atoms with Crippen LogP contribution in [0.15, 0.2) is 18.2 Å². The van der Waals surface area contributed by atoms with Crippen molar-refractivity contribution in [3.63, 3.8) is 0 Å². The number of carbonyl (C=O) groups excluding carboxylic acids is 1. The number of hydrogen-bond acceptors (Lipinski definition) is 5. The van der Waals surface area contributed by atoms with Crippen molar-refractivity contribution in [1.29, 1.82) is 0 Å². The molecule has 5 N–H and O–H groups in total. The maximum atomic E-state index is 11.2. The Morgan fingerprint density at radius 3 is 2.59 bits per heavy atom. The highest BCUT2D eigenvalue weighted by Crippen LogP contribution is 2.25. The van der Waals surface area contributed by atoms with Crippen LogP contribution in [0.25, 0.3) is 0 Å². The summed E-state index contributed by atoms with van der Waals surface area (Å²) in [6.45, 7) is -0.620. The van der Waals surface area contributed by atoms with Gasteiger partial charge in [0.2, 0.25) is 5.91 Å². The van der Waals surface area contributed by atoms with Crippen molar-refractivity contribution in [3.05, 3.63) is 29.3 Å². The van der Waals surface area contributed by atoms with Crippen LogP contribution >= 0.6 is 0 Å². The van der Waals surface area contributed by atoms with E-state index in [1.807, 2.05) is 0 Å². The van der Waals surface area contributed by atoms with E-state index in [9.17, 15) is 15.0 Å². The molecule has 6 nitrogen and oxygen atoms in total. The Labute approximate surface area is 98.3 Å². The molecule has 1 rings (SSSR count). The standard InChI is InChI=1S/C11H15NO5/c1-17-6-2-3-7(8(4-6)11(12)16)10(15)9(14)5-13/h2-4,9-10,13-15H,5H2,1H3,(H2,12,16). The fourth-order valence-corrected chi connectivity index (χ4v) is 1.44. The van der Waals surface area contributed by atoms with E-state index < -0.39 is 24.7 Å². The van der Waals surface area contributed by atoms with E-state index in [1.54, 1.807) is 0 Å². The Bertz CT molecular complexity index is 407. The summed E-state index contributed by atoms with van der Waals surface area (Å²) in [5.41, 5.74) is 5.37. The Balaban J connectivity index is 3.18. The minimum absolute atomic E-state index is 0.0457. The summed E-state index contributed by atoms with van der Waals surface area (Å²) in [6.07, 6.45) is -2.75. The van der Waals surface area contributed by atoms with Gasteiger partial charge in [0, 0.05) is 5.56 Å². The van der Waals surface area contributed by atoms with Gasteiger partial charge in [-0.25, -0.2) is 0 Å². The number of primary amides is 1. The van der Waals surface area contributed by atoms with Crippen molar-refractivity contribution < 1.29 is 24.9 Å². The summed E-state index contributed by atoms with van der Waals surface area (Å²) < 4.78 is 4.93. The number of ether oxygens (including phenoxy) is 1. The zero-order valence-corrected chi connectivity index (χ0v) is 9.33. The van der Waals surface area contributed by atoms with Gasteiger partial charge in [-0.05, 0) is 17.7 Å². The van der Waals surface area contributed by atoms with Gasteiger partial charge in [-0.2, -0.15) is 0 Å². The largest absolute Gasteiger partial charge is 0.497 e. The van der Waals surface area contributed by atoms with Crippen LogP contribution in [0.2, 0.25) is 0 Å². The first-order chi connectivity index (χ1) is 8.01. The van der Waals surface area contributed by atoms with Gasteiger partial charge in [0.05, 0.1) is 13.7 Å². The van der Waals surface area contributed by atoms with Gasteiger partial charge in [-0.3, -0.25) is 4.79 Å². The summed E-state index contributed by atoms with van der Waals surface area (Å²) >= 11 is 0. The third-order valence-corrected chi connectivity index (χ3v) is 2.40. The van der Waals surface area contributed by atoms with Crippen molar-refractivity contribution >= 4 is 5.91 Å². The highest BCUT2D eigenvalue weighted by molar-refractivity contribution is 5.95. The molecule has 0 bridgehead atoms. The molecule has 0 fully saturated rings. The van der Waals surface area contributed by atoms with Crippen molar-refractivity contribution in [3.8, 4) is 5.75 Å². The number of amides is 1. The van der Waals surface area contributed by atoms with Crippen LogP contribution in [0.3, 0.4) is 0 Å². The first-order valence-electron chi connectivity index (χ1n) is 4.96. The average molecular weight is 241 g/mol. The van der Waals surface area contributed by atoms with E-state index in [1.165, 1.54) is 25.3 Å². The molecule has 17 heavy (non-hydrogen) atoms. The van der Waals surface area contributed by atoms with E-state index in [4.69, 9.17) is 15.6 Å². The van der Waals surface area contributed by atoms with E-state index in [0.717, 1.165) is 0 Å². The Morgan fingerprint density at radius 2 is 2.12 bits per heavy atom. The highest BCUT2D eigenvalue weighted by Gasteiger charge is 2.22. The number of methoxy groups -OCH3 is 1. The van der Waals surface area contributed by atoms with Crippen LogP contribution in [-0.4, -0.2) is 41.0 Å². The highest BCUT2D eigenvalue weighted by atomic mass is 16.5. The van der Waals surface area contributed by atoms with Crippen LogP contribution in [-0.2, 0) is 0 Å². The van der Waals surface area contributed by atoms with Crippen LogP contribution in [0.5, 0.6) is 5.75 Å². The lowest BCUT2D eigenvalue weighted by molar-refractivity contribution is -0.0155. The molecule has 1 aromatic rings. The molecule has 0 radical (unpaired) electrons. The first kappa shape index (κ1) is 13.4. The van der Waals surface area contributed by atoms with Crippen LogP contribution < -0.4 is 10.5 Å². The van der Waals surface area contributed by atoms with Gasteiger partial charge in [0.25, 0.3) is 0 Å². The fourth-order valence-electron chi connectivity index (χ4n) is 1.44. The topological polar surface area (TPSA) is 113 Å². The Morgan fingerprint density at radius 1 is 1.47 bits per heavy atom. The zero-order valence-electron chi connectivity index (χ0n) is 9.33. The predicted molar refractivity (Wildman–Crippen MR) is 59.6 cm³/mol. The number of benzene rings is 1. The molecule has 0 heterocycles. The first-order valence-corrected chi connectivity index (χ1v) is 4.96. The molecule has 0 saturated carbocycles.